The van der Waals surface area contributed by atoms with Gasteiger partial charge in [-0.05, 0) is 37.1 Å². The van der Waals surface area contributed by atoms with Crippen LogP contribution in [-0.4, -0.2) is 26.9 Å². The zero-order valence-corrected chi connectivity index (χ0v) is 13.3. The van der Waals surface area contributed by atoms with Gasteiger partial charge < -0.3 is 5.32 Å². The standard InChI is InChI=1S/C13H19ClN2O3S/c1-9(2)8-15-13(17)10(3)16-20(18,19)12-6-4-11(14)5-7-12/h4-7,9-10,16H,8H2,1-3H3,(H,15,17)/t10-/m1/s1. The molecule has 7 heteroatoms. The molecule has 1 amide bonds. The summed E-state index contributed by atoms with van der Waals surface area (Å²) >= 11 is 5.71. The van der Waals surface area contributed by atoms with E-state index in [4.69, 9.17) is 11.6 Å². The van der Waals surface area contributed by atoms with E-state index in [-0.39, 0.29) is 10.8 Å². The summed E-state index contributed by atoms with van der Waals surface area (Å²) in [6.45, 7) is 5.93. The van der Waals surface area contributed by atoms with E-state index < -0.39 is 16.1 Å². The first-order valence-electron chi connectivity index (χ1n) is 6.28. The quantitative estimate of drug-likeness (QED) is 0.839. The van der Waals surface area contributed by atoms with Crippen molar-refractivity contribution in [2.24, 2.45) is 5.92 Å². The van der Waals surface area contributed by atoms with Crippen LogP contribution in [0.25, 0.3) is 0 Å². The largest absolute Gasteiger partial charge is 0.354 e. The van der Waals surface area contributed by atoms with E-state index in [9.17, 15) is 13.2 Å². The molecule has 0 fully saturated rings. The van der Waals surface area contributed by atoms with E-state index in [0.29, 0.717) is 17.5 Å². The van der Waals surface area contributed by atoms with Crippen LogP contribution in [0.15, 0.2) is 29.2 Å². The highest BCUT2D eigenvalue weighted by Crippen LogP contribution is 2.14. The number of carbonyl (C=O) groups excluding carboxylic acids is 1. The molecule has 1 aromatic rings. The molecule has 0 saturated heterocycles. The van der Waals surface area contributed by atoms with Gasteiger partial charge in [-0.1, -0.05) is 25.4 Å². The lowest BCUT2D eigenvalue weighted by molar-refractivity contribution is -0.122. The molecule has 0 heterocycles. The molecule has 0 aliphatic heterocycles. The Morgan fingerprint density at radius 1 is 1.20 bits per heavy atom. The second kappa shape index (κ2) is 7.06. The first-order chi connectivity index (χ1) is 9.22. The molecule has 0 radical (unpaired) electrons. The number of amides is 1. The van der Waals surface area contributed by atoms with Crippen LogP contribution in [0.5, 0.6) is 0 Å². The third kappa shape index (κ3) is 5.11. The SMILES string of the molecule is CC(C)CNC(=O)[C@@H](C)NS(=O)(=O)c1ccc(Cl)cc1. The highest BCUT2D eigenvalue weighted by molar-refractivity contribution is 7.89. The summed E-state index contributed by atoms with van der Waals surface area (Å²) in [5, 5.41) is 3.13. The smallest absolute Gasteiger partial charge is 0.241 e. The molecule has 0 unspecified atom stereocenters. The van der Waals surface area contributed by atoms with Crippen LogP contribution in [0.1, 0.15) is 20.8 Å². The van der Waals surface area contributed by atoms with Crippen molar-refractivity contribution >= 4 is 27.5 Å². The number of halogens is 1. The van der Waals surface area contributed by atoms with E-state index in [0.717, 1.165) is 0 Å². The van der Waals surface area contributed by atoms with Gasteiger partial charge in [0, 0.05) is 11.6 Å². The van der Waals surface area contributed by atoms with Crippen LogP contribution in [0, 0.1) is 5.92 Å². The fourth-order valence-electron chi connectivity index (χ4n) is 1.43. The van der Waals surface area contributed by atoms with Crippen molar-refractivity contribution in [2.75, 3.05) is 6.54 Å². The Hall–Kier alpha value is -1.11. The van der Waals surface area contributed by atoms with Gasteiger partial charge in [-0.2, -0.15) is 4.72 Å². The van der Waals surface area contributed by atoms with Crippen LogP contribution >= 0.6 is 11.6 Å². The molecule has 0 aliphatic carbocycles. The van der Waals surface area contributed by atoms with Crippen LogP contribution < -0.4 is 10.0 Å². The lowest BCUT2D eigenvalue weighted by Gasteiger charge is -2.15. The molecule has 5 nitrogen and oxygen atoms in total. The molecule has 0 aromatic heterocycles. The average Bonchev–Trinajstić information content (AvgIpc) is 2.35. The Bertz CT molecular complexity index is 555. The maximum atomic E-state index is 12.1. The van der Waals surface area contributed by atoms with Crippen molar-refractivity contribution in [3.63, 3.8) is 0 Å². The Morgan fingerprint density at radius 3 is 2.25 bits per heavy atom. The summed E-state index contributed by atoms with van der Waals surface area (Å²) in [5.41, 5.74) is 0. The molecule has 0 saturated carbocycles. The Balaban J connectivity index is 2.70. The lowest BCUT2D eigenvalue weighted by Crippen LogP contribution is -2.45. The van der Waals surface area contributed by atoms with Crippen LogP contribution in [0.4, 0.5) is 0 Å². The van der Waals surface area contributed by atoms with Gasteiger partial charge in [0.2, 0.25) is 15.9 Å². The Kier molecular flexibility index (Phi) is 5.98. The molecular weight excluding hydrogens is 300 g/mol. The predicted octanol–water partition coefficient (Wildman–Crippen LogP) is 1.78. The number of hydrogen-bond acceptors (Lipinski definition) is 3. The summed E-state index contributed by atoms with van der Waals surface area (Å²) in [5.74, 6) is -0.0461. The molecule has 1 aromatic carbocycles. The molecule has 2 N–H and O–H groups in total. The van der Waals surface area contributed by atoms with Gasteiger partial charge in [0.25, 0.3) is 0 Å². The molecule has 20 heavy (non-hydrogen) atoms. The van der Waals surface area contributed by atoms with Gasteiger partial charge in [-0.15, -0.1) is 0 Å². The lowest BCUT2D eigenvalue weighted by atomic mass is 10.2. The fourth-order valence-corrected chi connectivity index (χ4v) is 2.75. The number of carbonyl (C=O) groups is 1. The number of benzene rings is 1. The average molecular weight is 319 g/mol. The van der Waals surface area contributed by atoms with Gasteiger partial charge in [0.1, 0.15) is 0 Å². The third-order valence-corrected chi connectivity index (χ3v) is 4.34. The number of hydrogen-bond donors (Lipinski definition) is 2. The second-order valence-corrected chi connectivity index (χ2v) is 7.09. The van der Waals surface area contributed by atoms with E-state index in [2.05, 4.69) is 10.0 Å². The summed E-state index contributed by atoms with van der Waals surface area (Å²) in [6.07, 6.45) is 0. The minimum Gasteiger partial charge on any atom is -0.354 e. The zero-order valence-electron chi connectivity index (χ0n) is 11.7. The first-order valence-corrected chi connectivity index (χ1v) is 8.14. The maximum absolute atomic E-state index is 12.1. The van der Waals surface area contributed by atoms with Crippen molar-refractivity contribution in [3.05, 3.63) is 29.3 Å². The summed E-state index contributed by atoms with van der Waals surface area (Å²) in [6, 6.07) is 4.92. The molecular formula is C13H19ClN2O3S. The van der Waals surface area contributed by atoms with Crippen molar-refractivity contribution < 1.29 is 13.2 Å². The monoisotopic (exact) mass is 318 g/mol. The third-order valence-electron chi connectivity index (χ3n) is 2.53. The summed E-state index contributed by atoms with van der Waals surface area (Å²) in [4.78, 5) is 11.8. The van der Waals surface area contributed by atoms with Crippen molar-refractivity contribution in [1.82, 2.24) is 10.0 Å². The van der Waals surface area contributed by atoms with E-state index in [1.54, 1.807) is 0 Å². The molecule has 0 spiro atoms. The Morgan fingerprint density at radius 2 is 1.75 bits per heavy atom. The molecule has 112 valence electrons. The summed E-state index contributed by atoms with van der Waals surface area (Å²) < 4.78 is 26.5. The zero-order chi connectivity index (χ0) is 15.3. The molecule has 1 atom stereocenters. The highest BCUT2D eigenvalue weighted by atomic mass is 35.5. The minimum absolute atomic E-state index is 0.0745. The second-order valence-electron chi connectivity index (χ2n) is 4.94. The van der Waals surface area contributed by atoms with Crippen LogP contribution in [0.3, 0.4) is 0 Å². The first kappa shape index (κ1) is 16.9. The normalized spacial score (nSPS) is 13.2. The molecule has 1 rings (SSSR count). The topological polar surface area (TPSA) is 75.3 Å². The van der Waals surface area contributed by atoms with Gasteiger partial charge in [0.15, 0.2) is 0 Å². The molecule has 0 bridgehead atoms. The van der Waals surface area contributed by atoms with Crippen LogP contribution in [0.2, 0.25) is 5.02 Å². The van der Waals surface area contributed by atoms with Gasteiger partial charge in [-0.25, -0.2) is 8.42 Å². The molecule has 0 aliphatic rings. The number of rotatable bonds is 6. The number of nitrogens with one attached hydrogen (secondary N) is 2. The fraction of sp³-hybridized carbons (Fsp3) is 0.462. The van der Waals surface area contributed by atoms with Crippen molar-refractivity contribution in [1.29, 1.82) is 0 Å². The van der Waals surface area contributed by atoms with Crippen LogP contribution in [-0.2, 0) is 14.8 Å². The van der Waals surface area contributed by atoms with Crippen molar-refractivity contribution in [2.45, 2.75) is 31.7 Å². The Labute approximate surface area is 124 Å². The number of sulfonamides is 1. The van der Waals surface area contributed by atoms with E-state index in [1.807, 2.05) is 13.8 Å². The van der Waals surface area contributed by atoms with E-state index >= 15 is 0 Å². The van der Waals surface area contributed by atoms with Gasteiger partial charge >= 0.3 is 0 Å². The predicted molar refractivity (Wildman–Crippen MR) is 79.1 cm³/mol. The van der Waals surface area contributed by atoms with Gasteiger partial charge in [-0.3, -0.25) is 4.79 Å². The maximum Gasteiger partial charge on any atom is 0.241 e. The summed E-state index contributed by atoms with van der Waals surface area (Å²) in [7, 11) is -3.73. The highest BCUT2D eigenvalue weighted by Gasteiger charge is 2.21. The minimum atomic E-state index is -3.73. The van der Waals surface area contributed by atoms with Crippen molar-refractivity contribution in [3.8, 4) is 0 Å². The van der Waals surface area contributed by atoms with Gasteiger partial charge in [0.05, 0.1) is 10.9 Å². The van der Waals surface area contributed by atoms with E-state index in [1.165, 1.54) is 31.2 Å².